The van der Waals surface area contributed by atoms with Crippen molar-refractivity contribution in [2.45, 2.75) is 0 Å². The predicted octanol–water partition coefficient (Wildman–Crippen LogP) is 1.36. The summed E-state index contributed by atoms with van der Waals surface area (Å²) in [7, 11) is 2.57. The molecule has 0 heterocycles. The van der Waals surface area contributed by atoms with E-state index in [-0.39, 0.29) is 28.6 Å². The summed E-state index contributed by atoms with van der Waals surface area (Å²) in [4.78, 5) is 14.5. The Hall–Kier alpha value is -2.41. The van der Waals surface area contributed by atoms with Crippen LogP contribution in [0, 0.1) is 0 Å². The molecular weight excluding hydrogens is 244 g/mol. The summed E-state index contributed by atoms with van der Waals surface area (Å²) in [5.74, 6) is -1.83. The molecule has 1 aromatic rings. The first kappa shape index (κ1) is 13.7. The number of ether oxygens (including phenoxy) is 2. The van der Waals surface area contributed by atoms with Crippen LogP contribution in [-0.2, 0) is 4.79 Å². The Morgan fingerprint density at radius 1 is 1.28 bits per heavy atom. The number of methoxy groups -OCH3 is 2. The van der Waals surface area contributed by atoms with Gasteiger partial charge in [-0.25, -0.2) is 10.1 Å². The van der Waals surface area contributed by atoms with Crippen molar-refractivity contribution in [3.8, 4) is 23.0 Å². The van der Waals surface area contributed by atoms with Gasteiger partial charge in [-0.15, -0.1) is 0 Å². The lowest BCUT2D eigenvalue weighted by atomic mass is 10.1. The number of phenolic OH excluding ortho intramolecular Hbond substituents is 1. The smallest absolute Gasteiger partial charge is 0.328 e. The van der Waals surface area contributed by atoms with Crippen LogP contribution < -0.4 is 14.4 Å². The maximum atomic E-state index is 10.4. The fourth-order valence-electron chi connectivity index (χ4n) is 1.34. The molecule has 0 aliphatic heterocycles. The van der Waals surface area contributed by atoms with E-state index in [1.54, 1.807) is 0 Å². The van der Waals surface area contributed by atoms with Gasteiger partial charge in [0.05, 0.1) is 14.2 Å². The second kappa shape index (κ2) is 5.78. The zero-order valence-electron chi connectivity index (χ0n) is 9.71. The molecule has 7 nitrogen and oxygen atoms in total. The van der Waals surface area contributed by atoms with Crippen molar-refractivity contribution < 1.29 is 34.6 Å². The van der Waals surface area contributed by atoms with Gasteiger partial charge in [-0.1, -0.05) is 0 Å². The number of benzene rings is 1. The second-order valence-corrected chi connectivity index (χ2v) is 3.14. The molecule has 0 atom stereocenters. The molecule has 0 amide bonds. The van der Waals surface area contributed by atoms with Crippen molar-refractivity contribution in [2.24, 2.45) is 0 Å². The first-order chi connectivity index (χ1) is 8.54. The van der Waals surface area contributed by atoms with Gasteiger partial charge in [-0.3, -0.25) is 0 Å². The first-order valence-corrected chi connectivity index (χ1v) is 4.75. The monoisotopic (exact) mass is 256 g/mol. The van der Waals surface area contributed by atoms with Crippen LogP contribution in [0.25, 0.3) is 6.08 Å². The molecule has 0 radical (unpaired) electrons. The van der Waals surface area contributed by atoms with Crippen LogP contribution in [0.5, 0.6) is 23.0 Å². The zero-order valence-corrected chi connectivity index (χ0v) is 9.71. The van der Waals surface area contributed by atoms with Crippen LogP contribution in [0.4, 0.5) is 0 Å². The Labute approximate surface area is 102 Å². The number of carboxylic acid groups (broad SMARTS) is 1. The van der Waals surface area contributed by atoms with Gasteiger partial charge in [-0.2, -0.15) is 0 Å². The van der Waals surface area contributed by atoms with E-state index in [0.717, 1.165) is 12.2 Å². The van der Waals surface area contributed by atoms with Crippen molar-refractivity contribution in [3.05, 3.63) is 17.7 Å². The van der Waals surface area contributed by atoms with Crippen molar-refractivity contribution in [1.82, 2.24) is 0 Å². The molecule has 0 aliphatic rings. The van der Waals surface area contributed by atoms with E-state index in [0.29, 0.717) is 0 Å². The lowest BCUT2D eigenvalue weighted by Gasteiger charge is -2.13. The highest BCUT2D eigenvalue weighted by Gasteiger charge is 2.20. The van der Waals surface area contributed by atoms with E-state index in [2.05, 4.69) is 4.89 Å². The van der Waals surface area contributed by atoms with Gasteiger partial charge in [0.2, 0.25) is 5.75 Å². The summed E-state index contributed by atoms with van der Waals surface area (Å²) in [6.07, 6.45) is 2.00. The van der Waals surface area contributed by atoms with Crippen LogP contribution >= 0.6 is 0 Å². The third-order valence-electron chi connectivity index (χ3n) is 2.13. The van der Waals surface area contributed by atoms with Crippen LogP contribution in [0.15, 0.2) is 12.1 Å². The standard InChI is InChI=1S/C11H12O7/c1-16-7-5-6(3-4-8(12)13)9(14)11(17-2)10(7)18-15/h3-5,14-15H,1-2H3,(H,12,13). The highest BCUT2D eigenvalue weighted by molar-refractivity contribution is 5.86. The zero-order chi connectivity index (χ0) is 13.7. The van der Waals surface area contributed by atoms with Gasteiger partial charge >= 0.3 is 5.97 Å². The molecule has 0 saturated carbocycles. The average Bonchev–Trinajstić information content (AvgIpc) is 2.36. The summed E-state index contributed by atoms with van der Waals surface area (Å²) in [6.45, 7) is 0. The largest absolute Gasteiger partial charge is 0.504 e. The molecule has 1 aromatic carbocycles. The van der Waals surface area contributed by atoms with E-state index in [1.807, 2.05) is 0 Å². The predicted molar refractivity (Wildman–Crippen MR) is 61.1 cm³/mol. The van der Waals surface area contributed by atoms with Crippen LogP contribution in [0.3, 0.4) is 0 Å². The van der Waals surface area contributed by atoms with Crippen LogP contribution in [0.1, 0.15) is 5.56 Å². The highest BCUT2D eigenvalue weighted by Crippen LogP contribution is 2.46. The van der Waals surface area contributed by atoms with Gasteiger partial charge < -0.3 is 24.6 Å². The van der Waals surface area contributed by atoms with Crippen LogP contribution in [-0.4, -0.2) is 35.7 Å². The summed E-state index contributed by atoms with van der Waals surface area (Å²) in [5.41, 5.74) is 0.145. The van der Waals surface area contributed by atoms with E-state index in [4.69, 9.17) is 19.8 Å². The lowest BCUT2D eigenvalue weighted by molar-refractivity contribution is -0.140. The Morgan fingerprint density at radius 2 is 1.94 bits per heavy atom. The molecule has 0 aliphatic carbocycles. The average molecular weight is 256 g/mol. The Morgan fingerprint density at radius 3 is 2.39 bits per heavy atom. The van der Waals surface area contributed by atoms with Crippen molar-refractivity contribution in [3.63, 3.8) is 0 Å². The number of rotatable bonds is 5. The summed E-state index contributed by atoms with van der Waals surface area (Å²) < 4.78 is 9.78. The van der Waals surface area contributed by atoms with Gasteiger partial charge in [-0.05, 0) is 12.1 Å². The molecule has 0 unspecified atom stereocenters. The van der Waals surface area contributed by atoms with E-state index >= 15 is 0 Å². The summed E-state index contributed by atoms with van der Waals surface area (Å²) >= 11 is 0. The molecule has 0 spiro atoms. The molecular formula is C11H12O7. The first-order valence-electron chi connectivity index (χ1n) is 4.75. The normalized spacial score (nSPS) is 10.4. The lowest BCUT2D eigenvalue weighted by Crippen LogP contribution is -1.97. The minimum Gasteiger partial charge on any atom is -0.504 e. The molecule has 0 fully saturated rings. The third-order valence-corrected chi connectivity index (χ3v) is 2.13. The molecule has 0 bridgehead atoms. The number of carboxylic acids is 1. The SMILES string of the molecule is COc1cc(C=CC(=O)O)c(O)c(OC)c1OO. The number of aromatic hydroxyl groups is 1. The molecule has 3 N–H and O–H groups in total. The molecule has 0 saturated heterocycles. The molecule has 98 valence electrons. The fraction of sp³-hybridized carbons (Fsp3) is 0.182. The van der Waals surface area contributed by atoms with E-state index in [1.165, 1.54) is 20.3 Å². The molecule has 7 heteroatoms. The minimum atomic E-state index is -1.17. The number of aliphatic carboxylic acids is 1. The second-order valence-electron chi connectivity index (χ2n) is 3.14. The molecule has 0 aromatic heterocycles. The number of hydrogen-bond donors (Lipinski definition) is 3. The van der Waals surface area contributed by atoms with Gasteiger partial charge in [0.1, 0.15) is 0 Å². The minimum absolute atomic E-state index is 0.0807. The van der Waals surface area contributed by atoms with Gasteiger partial charge in [0.25, 0.3) is 5.75 Å². The van der Waals surface area contributed by atoms with Gasteiger partial charge in [0.15, 0.2) is 11.5 Å². The van der Waals surface area contributed by atoms with Crippen molar-refractivity contribution in [1.29, 1.82) is 0 Å². The third kappa shape index (κ3) is 2.64. The Balaban J connectivity index is 3.41. The summed E-state index contributed by atoms with van der Waals surface area (Å²) in [5, 5.41) is 27.1. The van der Waals surface area contributed by atoms with Gasteiger partial charge in [0, 0.05) is 11.6 Å². The quantitative estimate of drug-likeness (QED) is 0.415. The maximum Gasteiger partial charge on any atom is 0.328 e. The number of carbonyl (C=O) groups is 1. The Bertz CT molecular complexity index is 479. The number of hydrogen-bond acceptors (Lipinski definition) is 6. The van der Waals surface area contributed by atoms with Crippen molar-refractivity contribution in [2.75, 3.05) is 14.2 Å². The summed E-state index contributed by atoms with van der Waals surface area (Å²) in [6, 6.07) is 1.29. The number of phenols is 1. The van der Waals surface area contributed by atoms with Crippen LogP contribution in [0.2, 0.25) is 0 Å². The highest BCUT2D eigenvalue weighted by atomic mass is 17.1. The van der Waals surface area contributed by atoms with E-state index in [9.17, 15) is 9.90 Å². The fourth-order valence-corrected chi connectivity index (χ4v) is 1.34. The van der Waals surface area contributed by atoms with E-state index < -0.39 is 5.97 Å². The van der Waals surface area contributed by atoms with Crippen molar-refractivity contribution >= 4 is 12.0 Å². The molecule has 18 heavy (non-hydrogen) atoms. The molecule has 1 rings (SSSR count). The topological polar surface area (TPSA) is 105 Å². The Kier molecular flexibility index (Phi) is 4.39. The maximum absolute atomic E-state index is 10.4.